The van der Waals surface area contributed by atoms with Gasteiger partial charge in [0.15, 0.2) is 0 Å². The van der Waals surface area contributed by atoms with Gasteiger partial charge in [0.2, 0.25) is 0 Å². The quantitative estimate of drug-likeness (QED) is 0.240. The number of benzene rings is 4. The molecule has 0 spiro atoms. The van der Waals surface area contributed by atoms with Gasteiger partial charge in [0.1, 0.15) is 17.4 Å². The number of nitrogens with one attached hydrogen (secondary N) is 2. The first-order valence-electron chi connectivity index (χ1n) is 11.0. The number of nitrogens with zero attached hydrogens (tertiary/aromatic N) is 2. The Labute approximate surface area is 212 Å². The molecular formula is C28H21ClN4O3. The van der Waals surface area contributed by atoms with E-state index in [0.29, 0.717) is 16.3 Å². The smallest absolute Gasteiger partial charge is 0.275 e. The number of aryl methyl sites for hydroxylation is 1. The van der Waals surface area contributed by atoms with Crippen molar-refractivity contribution in [2.75, 3.05) is 5.32 Å². The van der Waals surface area contributed by atoms with E-state index in [-0.39, 0.29) is 17.0 Å². The predicted molar refractivity (Wildman–Crippen MR) is 140 cm³/mol. The second kappa shape index (κ2) is 10.7. The molecule has 0 aliphatic carbocycles. The molecule has 0 aromatic heterocycles. The first kappa shape index (κ1) is 24.5. The molecule has 0 heterocycles. The number of rotatable bonds is 6. The summed E-state index contributed by atoms with van der Waals surface area (Å²) in [5.74, 6) is -2.72. The highest BCUT2D eigenvalue weighted by Crippen LogP contribution is 2.26. The average Bonchev–Trinajstić information content (AvgIpc) is 2.86. The van der Waals surface area contributed by atoms with Crippen LogP contribution in [-0.4, -0.2) is 22.6 Å². The number of carbonyl (C=O) groups is 2. The van der Waals surface area contributed by atoms with E-state index in [0.717, 1.165) is 16.3 Å². The summed E-state index contributed by atoms with van der Waals surface area (Å²) in [7, 11) is 0. The number of fused-ring (bicyclic) bond motifs is 1. The van der Waals surface area contributed by atoms with E-state index in [2.05, 4.69) is 21.9 Å². The van der Waals surface area contributed by atoms with Crippen molar-refractivity contribution in [2.24, 2.45) is 5.10 Å². The Morgan fingerprint density at radius 3 is 2.36 bits per heavy atom. The van der Waals surface area contributed by atoms with Crippen LogP contribution >= 0.6 is 11.6 Å². The van der Waals surface area contributed by atoms with E-state index in [1.54, 1.807) is 36.4 Å². The lowest BCUT2D eigenvalue weighted by atomic mass is 9.91. The molecule has 2 amide bonds. The highest BCUT2D eigenvalue weighted by atomic mass is 35.5. The molecule has 0 radical (unpaired) electrons. The second-order valence-corrected chi connectivity index (χ2v) is 8.47. The minimum atomic E-state index is -1.07. The van der Waals surface area contributed by atoms with Crippen LogP contribution in [0.5, 0.6) is 5.75 Å². The van der Waals surface area contributed by atoms with E-state index < -0.39 is 17.7 Å². The summed E-state index contributed by atoms with van der Waals surface area (Å²) in [5, 5.41) is 29.1. The van der Waals surface area contributed by atoms with Crippen LogP contribution in [0.4, 0.5) is 5.69 Å². The number of nitriles is 1. The molecule has 8 heteroatoms. The van der Waals surface area contributed by atoms with E-state index in [9.17, 15) is 20.0 Å². The van der Waals surface area contributed by atoms with Crippen molar-refractivity contribution in [1.82, 2.24) is 5.43 Å². The molecule has 0 bridgehead atoms. The van der Waals surface area contributed by atoms with Gasteiger partial charge in [-0.15, -0.1) is 0 Å². The molecule has 0 fully saturated rings. The Hall–Kier alpha value is -4.67. The van der Waals surface area contributed by atoms with Crippen molar-refractivity contribution < 1.29 is 14.7 Å². The number of halogens is 1. The maximum atomic E-state index is 13.3. The highest BCUT2D eigenvalue weighted by molar-refractivity contribution is 6.45. The summed E-state index contributed by atoms with van der Waals surface area (Å²) in [6.07, 6.45) is 0. The van der Waals surface area contributed by atoms with Crippen LogP contribution in [0.3, 0.4) is 0 Å². The third-order valence-corrected chi connectivity index (χ3v) is 5.84. The van der Waals surface area contributed by atoms with Gasteiger partial charge in [-0.05, 0) is 59.2 Å². The molecule has 0 aliphatic heterocycles. The maximum absolute atomic E-state index is 13.3. The van der Waals surface area contributed by atoms with Crippen LogP contribution in [0, 0.1) is 18.3 Å². The maximum Gasteiger partial charge on any atom is 0.275 e. The number of carbonyl (C=O) groups excluding carboxylic acids is 2. The van der Waals surface area contributed by atoms with Crippen LogP contribution in [0.2, 0.25) is 5.02 Å². The third-order valence-electron chi connectivity index (χ3n) is 5.60. The van der Waals surface area contributed by atoms with E-state index in [1.165, 1.54) is 12.1 Å². The standard InChI is InChI=1S/C28H21ClN4O3/c1-17-7-2-5-12-22(17)24(16-30)26(28(36)31-21-11-6-10-20(29)15-21)32-33-27(35)23-13-18-8-3-4-9-19(18)14-25(23)34/h2-15,24,34H,1H3,(H,31,36)(H,33,35)/b32-26-. The molecule has 3 N–H and O–H groups in total. The minimum absolute atomic E-state index is 0.0172. The number of hydrogen-bond acceptors (Lipinski definition) is 5. The van der Waals surface area contributed by atoms with Crippen molar-refractivity contribution >= 4 is 45.6 Å². The molecule has 7 nitrogen and oxygen atoms in total. The number of amides is 2. The lowest BCUT2D eigenvalue weighted by Crippen LogP contribution is -2.32. The number of anilines is 1. The summed E-state index contributed by atoms with van der Waals surface area (Å²) in [4.78, 5) is 26.2. The first-order valence-corrected chi connectivity index (χ1v) is 11.4. The summed E-state index contributed by atoms with van der Waals surface area (Å²) >= 11 is 6.03. The van der Waals surface area contributed by atoms with Crippen LogP contribution < -0.4 is 10.7 Å². The summed E-state index contributed by atoms with van der Waals surface area (Å²) < 4.78 is 0. The average molecular weight is 497 g/mol. The fourth-order valence-electron chi connectivity index (χ4n) is 3.78. The molecule has 178 valence electrons. The first-order chi connectivity index (χ1) is 17.4. The van der Waals surface area contributed by atoms with Crippen molar-refractivity contribution in [1.29, 1.82) is 5.26 Å². The third kappa shape index (κ3) is 5.35. The van der Waals surface area contributed by atoms with Crippen molar-refractivity contribution in [2.45, 2.75) is 12.8 Å². The monoisotopic (exact) mass is 496 g/mol. The Bertz CT molecular complexity index is 1540. The highest BCUT2D eigenvalue weighted by Gasteiger charge is 2.27. The molecular weight excluding hydrogens is 476 g/mol. The lowest BCUT2D eigenvalue weighted by molar-refractivity contribution is -0.110. The molecule has 36 heavy (non-hydrogen) atoms. The van der Waals surface area contributed by atoms with E-state index >= 15 is 0 Å². The van der Waals surface area contributed by atoms with Gasteiger partial charge in [-0.2, -0.15) is 10.4 Å². The van der Waals surface area contributed by atoms with E-state index in [4.69, 9.17) is 11.6 Å². The van der Waals surface area contributed by atoms with Crippen LogP contribution in [0.1, 0.15) is 27.4 Å². The van der Waals surface area contributed by atoms with Gasteiger partial charge < -0.3 is 10.4 Å². The normalized spacial score (nSPS) is 12.0. The molecule has 0 saturated carbocycles. The number of phenolic OH excluding ortho intramolecular Hbond substituents is 1. The fourth-order valence-corrected chi connectivity index (χ4v) is 3.97. The lowest BCUT2D eigenvalue weighted by Gasteiger charge is -2.16. The molecule has 4 rings (SSSR count). The molecule has 1 unspecified atom stereocenters. The largest absolute Gasteiger partial charge is 0.507 e. The number of aromatic hydroxyl groups is 1. The zero-order valence-electron chi connectivity index (χ0n) is 19.2. The molecule has 4 aromatic rings. The Kier molecular flexibility index (Phi) is 7.28. The van der Waals surface area contributed by atoms with Gasteiger partial charge in [-0.1, -0.05) is 66.2 Å². The minimum Gasteiger partial charge on any atom is -0.507 e. The molecule has 4 aromatic carbocycles. The van der Waals surface area contributed by atoms with Crippen molar-refractivity contribution in [3.63, 3.8) is 0 Å². The van der Waals surface area contributed by atoms with Gasteiger partial charge in [0, 0.05) is 10.7 Å². The van der Waals surface area contributed by atoms with Crippen LogP contribution in [0.25, 0.3) is 10.8 Å². The number of hydrogen-bond donors (Lipinski definition) is 3. The zero-order valence-corrected chi connectivity index (χ0v) is 20.0. The van der Waals surface area contributed by atoms with Crippen molar-refractivity contribution in [3.05, 3.63) is 107 Å². The van der Waals surface area contributed by atoms with Gasteiger partial charge in [0.25, 0.3) is 11.8 Å². The summed E-state index contributed by atoms with van der Waals surface area (Å²) in [6.45, 7) is 1.82. The van der Waals surface area contributed by atoms with Crippen LogP contribution in [0.15, 0.2) is 90.0 Å². The SMILES string of the molecule is Cc1ccccc1C(C#N)/C(=N/NC(=O)c1cc2ccccc2cc1O)C(=O)Nc1cccc(Cl)c1. The Balaban J connectivity index is 1.70. The summed E-state index contributed by atoms with van der Waals surface area (Å²) in [6, 6.07) is 26.0. The number of phenols is 1. The second-order valence-electron chi connectivity index (χ2n) is 8.04. The molecule has 1 atom stereocenters. The van der Waals surface area contributed by atoms with Crippen molar-refractivity contribution in [3.8, 4) is 11.8 Å². The van der Waals surface area contributed by atoms with Gasteiger partial charge >= 0.3 is 0 Å². The van der Waals surface area contributed by atoms with E-state index in [1.807, 2.05) is 43.3 Å². The fraction of sp³-hybridized carbons (Fsp3) is 0.0714. The molecule has 0 aliphatic rings. The molecule has 0 saturated heterocycles. The Morgan fingerprint density at radius 1 is 0.972 bits per heavy atom. The zero-order chi connectivity index (χ0) is 25.7. The number of hydrazone groups is 1. The predicted octanol–water partition coefficient (Wildman–Crippen LogP) is 5.54. The van der Waals surface area contributed by atoms with Gasteiger partial charge in [-0.25, -0.2) is 5.43 Å². The van der Waals surface area contributed by atoms with Gasteiger partial charge in [-0.3, -0.25) is 9.59 Å². The summed E-state index contributed by atoms with van der Waals surface area (Å²) in [5.41, 5.74) is 3.86. The topological polar surface area (TPSA) is 115 Å². The Morgan fingerprint density at radius 2 is 1.67 bits per heavy atom. The van der Waals surface area contributed by atoms with Gasteiger partial charge in [0.05, 0.1) is 11.6 Å². The van der Waals surface area contributed by atoms with Crippen LogP contribution in [-0.2, 0) is 4.79 Å².